The van der Waals surface area contributed by atoms with E-state index in [9.17, 15) is 4.79 Å². The fourth-order valence-corrected chi connectivity index (χ4v) is 4.08. The van der Waals surface area contributed by atoms with E-state index in [-0.39, 0.29) is 16.8 Å². The summed E-state index contributed by atoms with van der Waals surface area (Å²) in [6, 6.07) is 9.70. The summed E-state index contributed by atoms with van der Waals surface area (Å²) in [5.74, 6) is 0.314. The van der Waals surface area contributed by atoms with Gasteiger partial charge in [-0.2, -0.15) is 0 Å². The maximum atomic E-state index is 11.8. The lowest BCUT2D eigenvalue weighted by atomic mass is 10.1. The fourth-order valence-electron chi connectivity index (χ4n) is 2.51. The number of carbonyl (C=O) groups excluding carboxylic acids is 1. The minimum atomic E-state index is -0.335. The summed E-state index contributed by atoms with van der Waals surface area (Å²) in [7, 11) is 1.43. The number of thioether (sulfide) groups is 1. The number of hydrogen-bond donors (Lipinski definition) is 0. The quantitative estimate of drug-likeness (QED) is 0.768. The maximum Gasteiger partial charge on any atom is 0.332 e. The van der Waals surface area contributed by atoms with Gasteiger partial charge in [-0.3, -0.25) is 4.99 Å². The number of ether oxygens (including phenoxy) is 1. The van der Waals surface area contributed by atoms with Gasteiger partial charge in [-0.1, -0.05) is 49.0 Å². The molecular formula is C14H15NO2S. The van der Waals surface area contributed by atoms with Gasteiger partial charge in [0.25, 0.3) is 0 Å². The standard InChI is InChI=1S/C14H15NO2S/c1-9-8-14(9)11(13(16)17-2)15-12(18-14)10-6-4-3-5-7-10/h3-7,9,11H,8H2,1-2H3. The Morgan fingerprint density at radius 1 is 1.44 bits per heavy atom. The van der Waals surface area contributed by atoms with Gasteiger partial charge in [-0.05, 0) is 12.3 Å². The van der Waals surface area contributed by atoms with Crippen LogP contribution in [0.3, 0.4) is 0 Å². The highest BCUT2D eigenvalue weighted by Crippen LogP contribution is 2.61. The number of esters is 1. The van der Waals surface area contributed by atoms with Crippen LogP contribution in [0.25, 0.3) is 0 Å². The molecule has 1 aliphatic carbocycles. The molecule has 3 atom stereocenters. The van der Waals surface area contributed by atoms with Crippen molar-refractivity contribution in [2.24, 2.45) is 10.9 Å². The summed E-state index contributed by atoms with van der Waals surface area (Å²) < 4.78 is 4.84. The minimum Gasteiger partial charge on any atom is -0.467 e. The molecule has 0 radical (unpaired) electrons. The van der Waals surface area contributed by atoms with E-state index in [0.29, 0.717) is 5.92 Å². The first-order chi connectivity index (χ1) is 8.67. The minimum absolute atomic E-state index is 0.0434. The van der Waals surface area contributed by atoms with Gasteiger partial charge in [0.05, 0.1) is 16.9 Å². The second kappa shape index (κ2) is 4.12. The van der Waals surface area contributed by atoms with Crippen LogP contribution in [-0.2, 0) is 9.53 Å². The Labute approximate surface area is 111 Å². The van der Waals surface area contributed by atoms with Crippen molar-refractivity contribution >= 4 is 22.8 Å². The monoisotopic (exact) mass is 261 g/mol. The molecule has 1 spiro atoms. The predicted molar refractivity (Wildman–Crippen MR) is 72.9 cm³/mol. The third kappa shape index (κ3) is 1.67. The molecule has 3 rings (SSSR count). The summed E-state index contributed by atoms with van der Waals surface area (Å²) in [5, 5.41) is 0.968. The van der Waals surface area contributed by atoms with E-state index in [4.69, 9.17) is 4.74 Å². The number of carbonyl (C=O) groups is 1. The largest absolute Gasteiger partial charge is 0.467 e. The smallest absolute Gasteiger partial charge is 0.332 e. The summed E-state index contributed by atoms with van der Waals surface area (Å²) in [6.07, 6.45) is 1.04. The number of benzene rings is 1. The zero-order chi connectivity index (χ0) is 12.8. The first-order valence-corrected chi connectivity index (χ1v) is 6.89. The van der Waals surface area contributed by atoms with E-state index < -0.39 is 0 Å². The second-order valence-corrected chi connectivity index (χ2v) is 6.24. The molecule has 1 heterocycles. The van der Waals surface area contributed by atoms with E-state index in [1.54, 1.807) is 11.8 Å². The summed E-state index contributed by atoms with van der Waals surface area (Å²) in [5.41, 5.74) is 1.09. The summed E-state index contributed by atoms with van der Waals surface area (Å²) in [6.45, 7) is 2.17. The van der Waals surface area contributed by atoms with Gasteiger partial charge < -0.3 is 4.74 Å². The Bertz CT molecular complexity index is 514. The Morgan fingerprint density at radius 3 is 2.67 bits per heavy atom. The van der Waals surface area contributed by atoms with E-state index in [1.807, 2.05) is 30.3 Å². The molecule has 4 heteroatoms. The van der Waals surface area contributed by atoms with Crippen molar-refractivity contribution in [1.29, 1.82) is 0 Å². The lowest BCUT2D eigenvalue weighted by molar-refractivity contribution is -0.142. The van der Waals surface area contributed by atoms with Crippen molar-refractivity contribution in [1.82, 2.24) is 0 Å². The van der Waals surface area contributed by atoms with Crippen LogP contribution in [-0.4, -0.2) is 28.9 Å². The lowest BCUT2D eigenvalue weighted by Crippen LogP contribution is -2.31. The molecule has 0 aromatic heterocycles. The van der Waals surface area contributed by atoms with Crippen molar-refractivity contribution in [2.45, 2.75) is 24.1 Å². The number of aliphatic imine (C=N–C) groups is 1. The van der Waals surface area contributed by atoms with Crippen LogP contribution >= 0.6 is 11.8 Å². The molecule has 0 saturated heterocycles. The van der Waals surface area contributed by atoms with E-state index in [0.717, 1.165) is 17.0 Å². The molecule has 1 aromatic carbocycles. The molecule has 0 bridgehead atoms. The molecule has 0 N–H and O–H groups in total. The van der Waals surface area contributed by atoms with Gasteiger partial charge in [0.1, 0.15) is 0 Å². The maximum absolute atomic E-state index is 11.8. The molecule has 1 aromatic rings. The highest BCUT2D eigenvalue weighted by atomic mass is 32.2. The first kappa shape index (κ1) is 11.8. The zero-order valence-electron chi connectivity index (χ0n) is 10.4. The van der Waals surface area contributed by atoms with Crippen LogP contribution in [0.4, 0.5) is 0 Å². The molecule has 0 amide bonds. The van der Waals surface area contributed by atoms with E-state index in [2.05, 4.69) is 11.9 Å². The van der Waals surface area contributed by atoms with Gasteiger partial charge in [0.2, 0.25) is 0 Å². The van der Waals surface area contributed by atoms with Crippen molar-refractivity contribution in [3.63, 3.8) is 0 Å². The topological polar surface area (TPSA) is 38.7 Å². The number of methoxy groups -OCH3 is 1. The van der Waals surface area contributed by atoms with Crippen LogP contribution in [0.1, 0.15) is 18.9 Å². The van der Waals surface area contributed by atoms with Gasteiger partial charge >= 0.3 is 5.97 Å². The number of hydrogen-bond acceptors (Lipinski definition) is 4. The average molecular weight is 261 g/mol. The zero-order valence-corrected chi connectivity index (χ0v) is 11.2. The normalized spacial score (nSPS) is 33.3. The SMILES string of the molecule is COC(=O)C1N=C(c2ccccc2)SC12CC2C. The third-order valence-corrected chi connectivity index (χ3v) is 5.45. The lowest BCUT2D eigenvalue weighted by Gasteiger charge is -2.13. The molecule has 94 valence electrons. The molecule has 3 unspecified atom stereocenters. The van der Waals surface area contributed by atoms with Crippen LogP contribution in [0, 0.1) is 5.92 Å². The highest BCUT2D eigenvalue weighted by molar-refractivity contribution is 8.16. The molecule has 3 nitrogen and oxygen atoms in total. The Hall–Kier alpha value is -1.29. The van der Waals surface area contributed by atoms with Gasteiger partial charge in [-0.25, -0.2) is 4.79 Å². The molecule has 2 aliphatic rings. The Kier molecular flexibility index (Phi) is 2.70. The summed E-state index contributed by atoms with van der Waals surface area (Å²) in [4.78, 5) is 16.4. The molecular weight excluding hydrogens is 246 g/mol. The van der Waals surface area contributed by atoms with Gasteiger partial charge in [0.15, 0.2) is 6.04 Å². The van der Waals surface area contributed by atoms with Crippen LogP contribution < -0.4 is 0 Å². The Balaban J connectivity index is 1.93. The molecule has 1 fully saturated rings. The van der Waals surface area contributed by atoms with Crippen molar-refractivity contribution in [3.8, 4) is 0 Å². The predicted octanol–water partition coefficient (Wildman–Crippen LogP) is 2.50. The molecule has 1 aliphatic heterocycles. The second-order valence-electron chi connectivity index (χ2n) is 4.89. The average Bonchev–Trinajstić information content (AvgIpc) is 2.88. The fraction of sp³-hybridized carbons (Fsp3) is 0.429. The Morgan fingerprint density at radius 2 is 2.11 bits per heavy atom. The van der Waals surface area contributed by atoms with Crippen LogP contribution in [0.2, 0.25) is 0 Å². The van der Waals surface area contributed by atoms with Crippen LogP contribution in [0.5, 0.6) is 0 Å². The van der Waals surface area contributed by atoms with Crippen molar-refractivity contribution in [3.05, 3.63) is 35.9 Å². The summed E-state index contributed by atoms with van der Waals surface area (Å²) >= 11 is 1.74. The van der Waals surface area contributed by atoms with Gasteiger partial charge in [0, 0.05) is 5.56 Å². The molecule has 18 heavy (non-hydrogen) atoms. The van der Waals surface area contributed by atoms with E-state index >= 15 is 0 Å². The number of rotatable bonds is 2. The third-order valence-electron chi connectivity index (χ3n) is 3.74. The number of nitrogens with zero attached hydrogens (tertiary/aromatic N) is 1. The van der Waals surface area contributed by atoms with Crippen molar-refractivity contribution < 1.29 is 9.53 Å². The first-order valence-electron chi connectivity index (χ1n) is 6.07. The molecule has 1 saturated carbocycles. The van der Waals surface area contributed by atoms with Crippen molar-refractivity contribution in [2.75, 3.05) is 7.11 Å². The van der Waals surface area contributed by atoms with E-state index in [1.165, 1.54) is 7.11 Å². The van der Waals surface area contributed by atoms with Gasteiger partial charge in [-0.15, -0.1) is 0 Å². The van der Waals surface area contributed by atoms with Crippen LogP contribution in [0.15, 0.2) is 35.3 Å². The highest BCUT2D eigenvalue weighted by Gasteiger charge is 2.63.